The molecule has 10 fully saturated rings. The number of nitrogens with zero attached hydrogens (tertiary/aromatic N) is 1. The second-order valence-electron chi connectivity index (χ2n) is 12.1. The predicted molar refractivity (Wildman–Crippen MR) is 77.2 cm³/mol. The van der Waals surface area contributed by atoms with Gasteiger partial charge in [-0.05, 0) is 0 Å². The molecule has 12 rings (SSSR count). The molecule has 0 bridgehead atoms. The average molecular weight is 313 g/mol. The van der Waals surface area contributed by atoms with Crippen molar-refractivity contribution in [2.24, 2.45) is 0 Å². The van der Waals surface area contributed by atoms with Gasteiger partial charge >= 0.3 is 112 Å². The van der Waals surface area contributed by atoms with Crippen molar-refractivity contribution in [3.63, 3.8) is 0 Å². The Morgan fingerprint density at radius 1 is 0.762 bits per heavy atom. The first kappa shape index (κ1) is 7.62. The first-order valence-electron chi connectivity index (χ1n) is 8.69. The van der Waals surface area contributed by atoms with Crippen LogP contribution >= 0.6 is 0 Å². The molecular weight excluding hydrogens is 298 g/mol. The van der Waals surface area contributed by atoms with Gasteiger partial charge in [-0.2, -0.15) is 0 Å². The monoisotopic (exact) mass is 313 g/mol. The molecule has 11 heterocycles. The maximum absolute atomic E-state index is 5.30. The summed E-state index contributed by atoms with van der Waals surface area (Å²) in [5.74, 6) is 0. The first-order chi connectivity index (χ1) is 10.1. The molecule has 1 nitrogen and oxygen atoms in total. The summed E-state index contributed by atoms with van der Waals surface area (Å²) in [5.41, 5.74) is 2.90. The van der Waals surface area contributed by atoms with Crippen LogP contribution in [0.4, 0.5) is 0 Å². The van der Waals surface area contributed by atoms with Gasteiger partial charge in [-0.3, -0.25) is 0 Å². The summed E-state index contributed by atoms with van der Waals surface area (Å²) in [6.07, 6.45) is 0. The van der Waals surface area contributed by atoms with Gasteiger partial charge in [0.1, 0.15) is 0 Å². The molecule has 1 aromatic carbocycles. The molecule has 4 unspecified atom stereocenters. The zero-order valence-corrected chi connectivity index (χ0v) is 12.6. The summed E-state index contributed by atoms with van der Waals surface area (Å²) in [6, 6.07) is 13.7. The van der Waals surface area contributed by atoms with Gasteiger partial charge in [-0.15, -0.1) is 0 Å². The normalized spacial score (nSPS) is 98.8. The van der Waals surface area contributed by atoms with E-state index in [-0.39, 0.29) is 0 Å². The maximum atomic E-state index is 5.30. The molecule has 2 heteroatoms. The zero-order chi connectivity index (χ0) is 12.7. The molecule has 1 spiro atoms. The fourth-order valence-electron chi connectivity index (χ4n) is 18.2. The van der Waals surface area contributed by atoms with E-state index in [4.69, 9.17) is 4.98 Å². The fourth-order valence-corrected chi connectivity index (χ4v) is 92.2. The van der Waals surface area contributed by atoms with E-state index < -0.39 is 6.51 Å². The molecule has 4 atom stereocenters. The Morgan fingerprint density at radius 3 is 2.00 bits per heavy atom. The van der Waals surface area contributed by atoms with Crippen molar-refractivity contribution in [2.75, 3.05) is 0 Å². The third kappa shape index (κ3) is 0.0993. The third-order valence-electron chi connectivity index (χ3n) is 16.7. The number of benzene rings is 1. The molecule has 10 aliphatic rings. The summed E-state index contributed by atoms with van der Waals surface area (Å²) in [4.78, 5) is 17.8. The van der Waals surface area contributed by atoms with Crippen molar-refractivity contribution >= 4 is 10.9 Å². The van der Waals surface area contributed by atoms with E-state index >= 15 is 0 Å². The number of para-hydroxylation sites is 1. The van der Waals surface area contributed by atoms with Crippen molar-refractivity contribution < 1.29 is 6.51 Å². The van der Waals surface area contributed by atoms with Gasteiger partial charge in [0.05, 0.1) is 0 Å². The Hall–Kier alpha value is -0.851. The van der Waals surface area contributed by atoms with Crippen molar-refractivity contribution in [3.8, 4) is 0 Å². The van der Waals surface area contributed by atoms with Gasteiger partial charge in [0, 0.05) is 0 Å². The minimum absolute atomic E-state index is 0.823. The van der Waals surface area contributed by atoms with Gasteiger partial charge in [0.25, 0.3) is 0 Å². The van der Waals surface area contributed by atoms with E-state index in [9.17, 15) is 0 Å². The van der Waals surface area contributed by atoms with Gasteiger partial charge in [0.2, 0.25) is 0 Å². The van der Waals surface area contributed by atoms with Crippen LogP contribution in [0.25, 0.3) is 10.9 Å². The fraction of sp³-hybridized carbons (Fsp3) is 0.526. The molecule has 0 aliphatic carbocycles. The standard InChI is InChI=1S/C14H10N.C5H5.Fe/c1-2-6-11(5-1)14-10-9-12-7-3-4-8-13(12)15-14;1-2-4-5-3-1;/h1-10H;1-5H;. The molecule has 1 aromatic heterocycles. The Bertz CT molecular complexity index is 1340. The van der Waals surface area contributed by atoms with Crippen molar-refractivity contribution in [3.05, 3.63) is 42.1 Å². The number of pyridine rings is 1. The summed E-state index contributed by atoms with van der Waals surface area (Å²) in [7, 11) is 0. The summed E-state index contributed by atoms with van der Waals surface area (Å²) in [6.45, 7) is -2.99. The molecule has 0 amide bonds. The quantitative estimate of drug-likeness (QED) is 0.673. The van der Waals surface area contributed by atoms with Crippen molar-refractivity contribution in [2.45, 2.75) is 47.7 Å². The van der Waals surface area contributed by atoms with Crippen LogP contribution in [0.2, 0.25) is 43.3 Å². The summed E-state index contributed by atoms with van der Waals surface area (Å²) in [5, 5.41) is 1.34. The predicted octanol–water partition coefficient (Wildman–Crippen LogP) is 5.03. The molecule has 10 aliphatic heterocycles. The molecule has 2 aromatic rings. The molecule has 104 valence electrons. The Labute approximate surface area is 112 Å². The molecule has 21 heavy (non-hydrogen) atoms. The van der Waals surface area contributed by atoms with Gasteiger partial charge in [0.15, 0.2) is 0 Å². The molecule has 0 radical (unpaired) electrons. The number of aromatic nitrogens is 1. The topological polar surface area (TPSA) is 12.9 Å². The average Bonchev–Trinajstić information content (AvgIpc) is 3.47. The van der Waals surface area contributed by atoms with E-state index in [1.807, 2.05) is 0 Å². The number of fused-ring (bicyclic) bond motifs is 11. The molecule has 0 N–H and O–H groups in total. The van der Waals surface area contributed by atoms with Gasteiger partial charge in [-0.1, -0.05) is 0 Å². The van der Waals surface area contributed by atoms with Crippen LogP contribution in [-0.2, 0) is 10.8 Å². The van der Waals surface area contributed by atoms with Crippen LogP contribution in [0, 0.1) is 0 Å². The second kappa shape index (κ2) is 0.727. The van der Waals surface area contributed by atoms with Crippen LogP contribution in [0.5, 0.6) is 0 Å². The molecule has 0 saturated carbocycles. The van der Waals surface area contributed by atoms with Crippen molar-refractivity contribution in [1.82, 2.24) is 4.98 Å². The van der Waals surface area contributed by atoms with E-state index in [1.165, 1.54) is 54.2 Å². The summed E-state index contributed by atoms with van der Waals surface area (Å²) < 4.78 is 0.823. The Balaban J connectivity index is 1.40. The number of rotatable bonds is 1. The zero-order valence-electron chi connectivity index (χ0n) is 11.5. The van der Waals surface area contributed by atoms with Crippen LogP contribution < -0.4 is 0 Å². The van der Waals surface area contributed by atoms with Crippen LogP contribution in [0.3, 0.4) is 0 Å². The number of hydrogen-bond acceptors (Lipinski definition) is 1. The minimum atomic E-state index is -2.99. The van der Waals surface area contributed by atoms with Crippen LogP contribution in [-0.4, -0.2) is 4.98 Å². The van der Waals surface area contributed by atoms with Crippen molar-refractivity contribution in [1.29, 1.82) is 0 Å². The molecular formula is C19H15FeN. The molecule has 10 saturated heterocycles. The van der Waals surface area contributed by atoms with Gasteiger partial charge in [-0.25, -0.2) is 0 Å². The van der Waals surface area contributed by atoms with Crippen LogP contribution in [0.15, 0.2) is 36.4 Å². The first-order valence-corrected chi connectivity index (χ1v) is 15.0. The van der Waals surface area contributed by atoms with E-state index in [0.29, 0.717) is 0 Å². The van der Waals surface area contributed by atoms with Gasteiger partial charge < -0.3 is 0 Å². The van der Waals surface area contributed by atoms with E-state index in [2.05, 4.69) is 36.4 Å². The third-order valence-corrected chi connectivity index (χ3v) is 59.0. The Kier molecular flexibility index (Phi) is 0.264. The summed E-state index contributed by atoms with van der Waals surface area (Å²) >= 11 is 0. The van der Waals surface area contributed by atoms with E-state index in [0.717, 1.165) is 4.31 Å². The van der Waals surface area contributed by atoms with Crippen LogP contribution in [0.1, 0.15) is 5.69 Å². The SMILES string of the molecule is c1ccc2nc([C]34[CH]5[CH]6[CH]7[CH]3[Fe]6754389%10[CH]4[CH]3[CH]8[CH]9[CH]4%10)ccc2c1. The Morgan fingerprint density at radius 2 is 1.43 bits per heavy atom. The second-order valence-corrected chi connectivity index (χ2v) is 35.6. The van der Waals surface area contributed by atoms with E-state index in [1.54, 1.807) is 5.69 Å². The number of hydrogen-bond donors (Lipinski definition) is 0.